The van der Waals surface area contributed by atoms with E-state index in [9.17, 15) is 14.4 Å². The maximum Gasteiger partial charge on any atom is 0.255 e. The SMILES string of the molecule is COc1ccccc1C(=O)NCC(=O)Nc1ccc(C(=O)N2CCCC2)cc1. The molecular weight excluding hydrogens is 358 g/mol. The minimum absolute atomic E-state index is 0.0134. The Morgan fingerprint density at radius 2 is 1.68 bits per heavy atom. The first-order chi connectivity index (χ1) is 13.6. The number of hydrogen-bond donors (Lipinski definition) is 2. The number of nitrogens with one attached hydrogen (secondary N) is 2. The average Bonchev–Trinajstić information content (AvgIpc) is 3.27. The highest BCUT2D eigenvalue weighted by atomic mass is 16.5. The summed E-state index contributed by atoms with van der Waals surface area (Å²) >= 11 is 0. The van der Waals surface area contributed by atoms with E-state index in [0.29, 0.717) is 22.6 Å². The first-order valence-electron chi connectivity index (χ1n) is 9.19. The molecule has 3 rings (SSSR count). The molecule has 2 N–H and O–H groups in total. The van der Waals surface area contributed by atoms with Crippen molar-refractivity contribution in [1.29, 1.82) is 0 Å². The number of methoxy groups -OCH3 is 1. The lowest BCUT2D eigenvalue weighted by Crippen LogP contribution is -2.33. The van der Waals surface area contributed by atoms with Gasteiger partial charge in [-0.3, -0.25) is 14.4 Å². The molecule has 1 fully saturated rings. The topological polar surface area (TPSA) is 87.7 Å². The summed E-state index contributed by atoms with van der Waals surface area (Å²) in [6, 6.07) is 13.6. The summed E-state index contributed by atoms with van der Waals surface area (Å²) in [4.78, 5) is 38.5. The van der Waals surface area contributed by atoms with Crippen molar-refractivity contribution in [2.45, 2.75) is 12.8 Å². The van der Waals surface area contributed by atoms with E-state index in [1.54, 1.807) is 48.5 Å². The molecule has 0 saturated carbocycles. The first kappa shape index (κ1) is 19.4. The number of carbonyl (C=O) groups excluding carboxylic acids is 3. The van der Waals surface area contributed by atoms with Crippen molar-refractivity contribution in [3.8, 4) is 5.75 Å². The zero-order chi connectivity index (χ0) is 19.9. The van der Waals surface area contributed by atoms with Crippen molar-refractivity contribution in [1.82, 2.24) is 10.2 Å². The van der Waals surface area contributed by atoms with Gasteiger partial charge in [0.2, 0.25) is 5.91 Å². The number of benzene rings is 2. The Bertz CT molecular complexity index is 858. The molecule has 28 heavy (non-hydrogen) atoms. The molecule has 0 aromatic heterocycles. The van der Waals surface area contributed by atoms with Crippen LogP contribution in [0, 0.1) is 0 Å². The van der Waals surface area contributed by atoms with Gasteiger partial charge in [-0.1, -0.05) is 12.1 Å². The Labute approximate surface area is 163 Å². The number of rotatable bonds is 6. The van der Waals surface area contributed by atoms with Crippen LogP contribution in [0.25, 0.3) is 0 Å². The van der Waals surface area contributed by atoms with E-state index < -0.39 is 0 Å². The fourth-order valence-electron chi connectivity index (χ4n) is 3.09. The summed E-state index contributed by atoms with van der Waals surface area (Å²) in [7, 11) is 1.48. The monoisotopic (exact) mass is 381 g/mol. The Balaban J connectivity index is 1.52. The van der Waals surface area contributed by atoms with Crippen LogP contribution in [-0.2, 0) is 4.79 Å². The van der Waals surface area contributed by atoms with Crippen LogP contribution in [0.5, 0.6) is 5.75 Å². The molecule has 2 aromatic carbocycles. The summed E-state index contributed by atoms with van der Waals surface area (Å²) < 4.78 is 5.14. The summed E-state index contributed by atoms with van der Waals surface area (Å²) in [5.74, 6) is -0.292. The summed E-state index contributed by atoms with van der Waals surface area (Å²) in [6.07, 6.45) is 2.08. The molecule has 7 nitrogen and oxygen atoms in total. The van der Waals surface area contributed by atoms with Crippen LogP contribution in [0.15, 0.2) is 48.5 Å². The molecule has 1 aliphatic heterocycles. The maximum atomic E-state index is 12.3. The van der Waals surface area contributed by atoms with Crippen molar-refractivity contribution >= 4 is 23.4 Å². The van der Waals surface area contributed by atoms with E-state index in [0.717, 1.165) is 25.9 Å². The van der Waals surface area contributed by atoms with Crippen molar-refractivity contribution in [2.24, 2.45) is 0 Å². The van der Waals surface area contributed by atoms with Gasteiger partial charge in [0, 0.05) is 24.3 Å². The number of carbonyl (C=O) groups is 3. The third-order valence-corrected chi connectivity index (χ3v) is 4.57. The number of likely N-dealkylation sites (tertiary alicyclic amines) is 1. The molecule has 146 valence electrons. The number of ether oxygens (including phenoxy) is 1. The zero-order valence-electron chi connectivity index (χ0n) is 15.7. The largest absolute Gasteiger partial charge is 0.496 e. The minimum Gasteiger partial charge on any atom is -0.496 e. The average molecular weight is 381 g/mol. The lowest BCUT2D eigenvalue weighted by atomic mass is 10.2. The van der Waals surface area contributed by atoms with Crippen LogP contribution < -0.4 is 15.4 Å². The quantitative estimate of drug-likeness (QED) is 0.804. The van der Waals surface area contributed by atoms with Gasteiger partial charge in [-0.2, -0.15) is 0 Å². The van der Waals surface area contributed by atoms with Crippen LogP contribution in [0.1, 0.15) is 33.6 Å². The van der Waals surface area contributed by atoms with Gasteiger partial charge in [-0.05, 0) is 49.2 Å². The lowest BCUT2D eigenvalue weighted by Gasteiger charge is -2.15. The Kier molecular flexibility index (Phi) is 6.26. The fourth-order valence-corrected chi connectivity index (χ4v) is 3.09. The van der Waals surface area contributed by atoms with Gasteiger partial charge >= 0.3 is 0 Å². The van der Waals surface area contributed by atoms with E-state index in [1.165, 1.54) is 7.11 Å². The molecule has 2 aromatic rings. The van der Waals surface area contributed by atoms with Crippen LogP contribution in [0.3, 0.4) is 0 Å². The molecule has 7 heteroatoms. The Hall–Kier alpha value is -3.35. The van der Waals surface area contributed by atoms with Crippen molar-refractivity contribution < 1.29 is 19.1 Å². The van der Waals surface area contributed by atoms with Crippen molar-refractivity contribution in [3.63, 3.8) is 0 Å². The smallest absolute Gasteiger partial charge is 0.255 e. The third-order valence-electron chi connectivity index (χ3n) is 4.57. The van der Waals surface area contributed by atoms with E-state index in [1.807, 2.05) is 4.90 Å². The second kappa shape index (κ2) is 9.03. The highest BCUT2D eigenvalue weighted by Gasteiger charge is 2.19. The van der Waals surface area contributed by atoms with Crippen molar-refractivity contribution in [3.05, 3.63) is 59.7 Å². The molecule has 0 unspecified atom stereocenters. The van der Waals surface area contributed by atoms with Gasteiger partial charge in [-0.25, -0.2) is 0 Å². The number of hydrogen-bond acceptors (Lipinski definition) is 4. The van der Waals surface area contributed by atoms with Crippen LogP contribution in [0.4, 0.5) is 5.69 Å². The highest BCUT2D eigenvalue weighted by Crippen LogP contribution is 2.17. The normalized spacial score (nSPS) is 13.1. The molecule has 0 aliphatic carbocycles. The van der Waals surface area contributed by atoms with Gasteiger partial charge in [0.1, 0.15) is 5.75 Å². The maximum absolute atomic E-state index is 12.3. The molecule has 1 saturated heterocycles. The molecule has 0 bridgehead atoms. The van der Waals surface area contributed by atoms with Gasteiger partial charge in [0.05, 0.1) is 19.2 Å². The predicted molar refractivity (Wildman–Crippen MR) is 106 cm³/mol. The number of para-hydroxylation sites is 1. The van der Waals surface area contributed by atoms with Gasteiger partial charge in [0.15, 0.2) is 0 Å². The molecule has 0 atom stereocenters. The van der Waals surface area contributed by atoms with Gasteiger partial charge < -0.3 is 20.3 Å². The molecule has 0 radical (unpaired) electrons. The second-order valence-electron chi connectivity index (χ2n) is 6.51. The van der Waals surface area contributed by atoms with Crippen molar-refractivity contribution in [2.75, 3.05) is 32.1 Å². The lowest BCUT2D eigenvalue weighted by molar-refractivity contribution is -0.115. The van der Waals surface area contributed by atoms with Gasteiger partial charge in [0.25, 0.3) is 11.8 Å². The Morgan fingerprint density at radius 1 is 1.00 bits per heavy atom. The molecule has 3 amide bonds. The highest BCUT2D eigenvalue weighted by molar-refractivity contribution is 6.01. The number of amides is 3. The van der Waals surface area contributed by atoms with Crippen LogP contribution >= 0.6 is 0 Å². The van der Waals surface area contributed by atoms with E-state index in [4.69, 9.17) is 4.74 Å². The number of anilines is 1. The standard InChI is InChI=1S/C21H23N3O4/c1-28-18-7-3-2-6-17(18)20(26)22-14-19(25)23-16-10-8-15(9-11-16)21(27)24-12-4-5-13-24/h2-3,6-11H,4-5,12-14H2,1H3,(H,22,26)(H,23,25). The van der Waals surface area contributed by atoms with Crippen LogP contribution in [-0.4, -0.2) is 49.4 Å². The molecule has 1 aliphatic rings. The summed E-state index contributed by atoms with van der Waals surface area (Å²) in [5.41, 5.74) is 1.53. The van der Waals surface area contributed by atoms with E-state index in [-0.39, 0.29) is 24.3 Å². The molecular formula is C21H23N3O4. The van der Waals surface area contributed by atoms with Crippen LogP contribution in [0.2, 0.25) is 0 Å². The number of nitrogens with zero attached hydrogens (tertiary/aromatic N) is 1. The van der Waals surface area contributed by atoms with Gasteiger partial charge in [-0.15, -0.1) is 0 Å². The summed E-state index contributed by atoms with van der Waals surface area (Å²) in [6.45, 7) is 1.41. The minimum atomic E-state index is -0.390. The predicted octanol–water partition coefficient (Wildman–Crippen LogP) is 2.30. The third kappa shape index (κ3) is 4.68. The molecule has 0 spiro atoms. The fraction of sp³-hybridized carbons (Fsp3) is 0.286. The van der Waals surface area contributed by atoms with E-state index in [2.05, 4.69) is 10.6 Å². The second-order valence-corrected chi connectivity index (χ2v) is 6.51. The molecule has 1 heterocycles. The summed E-state index contributed by atoms with van der Waals surface area (Å²) in [5, 5.41) is 5.27. The first-order valence-corrected chi connectivity index (χ1v) is 9.19. The van der Waals surface area contributed by atoms with E-state index >= 15 is 0 Å². The Morgan fingerprint density at radius 3 is 2.36 bits per heavy atom. The zero-order valence-corrected chi connectivity index (χ0v) is 15.7.